The molecular weight excluding hydrogens is 346 g/mol. The molecule has 0 radical (unpaired) electrons. The molecule has 4 amide bonds. The molecule has 0 unspecified atom stereocenters. The minimum absolute atomic E-state index is 0.0991. The van der Waals surface area contributed by atoms with Crippen LogP contribution in [-0.4, -0.2) is 84.1 Å². The van der Waals surface area contributed by atoms with Gasteiger partial charge in [-0.1, -0.05) is 0 Å². The number of piperazine rings is 1. The Kier molecular flexibility index (Phi) is 4.33. The fourth-order valence-electron chi connectivity index (χ4n) is 3.04. The van der Waals surface area contributed by atoms with Crippen LogP contribution in [0.1, 0.15) is 12.8 Å². The molecule has 3 fully saturated rings. The van der Waals surface area contributed by atoms with Crippen molar-refractivity contribution in [3.05, 3.63) is 0 Å². The van der Waals surface area contributed by atoms with Crippen LogP contribution in [0, 0.1) is 0 Å². The Hall–Kier alpha value is -1.96. The molecule has 0 aromatic carbocycles. The van der Waals surface area contributed by atoms with E-state index in [1.54, 1.807) is 0 Å². The number of hydroxylamine groups is 2. The first-order chi connectivity index (χ1) is 11.3. The summed E-state index contributed by atoms with van der Waals surface area (Å²) in [6.45, 7) is 1.07. The second-order valence-electron chi connectivity index (χ2n) is 5.71. The highest BCUT2D eigenvalue weighted by molar-refractivity contribution is 7.80. The monoisotopic (exact) mass is 363 g/mol. The summed E-state index contributed by atoms with van der Waals surface area (Å²) in [5.74, 6) is -0.807. The minimum Gasteiger partial charge on any atom is -0.309 e. The minimum atomic E-state index is -4.83. The van der Waals surface area contributed by atoms with Crippen LogP contribution < -0.4 is 10.7 Å². The summed E-state index contributed by atoms with van der Waals surface area (Å²) >= 11 is 0. The van der Waals surface area contributed by atoms with E-state index < -0.39 is 34.4 Å². The highest BCUT2D eigenvalue weighted by atomic mass is 32.3. The Morgan fingerprint density at radius 3 is 2.75 bits per heavy atom. The molecule has 24 heavy (non-hydrogen) atoms. The number of nitrogens with one attached hydrogen (secondary N) is 2. The lowest BCUT2D eigenvalue weighted by atomic mass is 10.0. The van der Waals surface area contributed by atoms with Crippen molar-refractivity contribution in [3.63, 3.8) is 0 Å². The Bertz CT molecular complexity index is 668. The number of carbonyl (C=O) groups excluding carboxylic acids is 3. The predicted octanol–water partition coefficient (Wildman–Crippen LogP) is -2.55. The maximum Gasteiger partial charge on any atom is 0.418 e. The van der Waals surface area contributed by atoms with Crippen LogP contribution in [0.2, 0.25) is 0 Å². The topological polar surface area (TPSA) is 149 Å². The molecule has 0 aromatic rings. The van der Waals surface area contributed by atoms with Gasteiger partial charge in [-0.15, -0.1) is 4.28 Å². The maximum absolute atomic E-state index is 12.4. The van der Waals surface area contributed by atoms with Gasteiger partial charge in [-0.05, 0) is 12.8 Å². The molecule has 2 atom stereocenters. The van der Waals surface area contributed by atoms with E-state index in [9.17, 15) is 22.8 Å². The van der Waals surface area contributed by atoms with Crippen molar-refractivity contribution in [2.24, 2.45) is 0 Å². The van der Waals surface area contributed by atoms with Crippen LogP contribution in [0.15, 0.2) is 0 Å². The van der Waals surface area contributed by atoms with Gasteiger partial charge in [0.25, 0.3) is 11.8 Å². The van der Waals surface area contributed by atoms with Gasteiger partial charge in [0.2, 0.25) is 0 Å². The van der Waals surface area contributed by atoms with E-state index in [4.69, 9.17) is 4.55 Å². The van der Waals surface area contributed by atoms with E-state index in [2.05, 4.69) is 15.0 Å². The fraction of sp³-hybridized carbons (Fsp3) is 0.727. The number of urea groups is 1. The van der Waals surface area contributed by atoms with Crippen molar-refractivity contribution >= 4 is 28.2 Å². The Morgan fingerprint density at radius 2 is 2.08 bits per heavy atom. The van der Waals surface area contributed by atoms with Crippen molar-refractivity contribution in [1.82, 2.24) is 25.7 Å². The lowest BCUT2D eigenvalue weighted by Crippen LogP contribution is -2.60. The van der Waals surface area contributed by atoms with Crippen LogP contribution in [-0.2, 0) is 24.3 Å². The third kappa shape index (κ3) is 3.28. The first-order valence-electron chi connectivity index (χ1n) is 7.34. The summed E-state index contributed by atoms with van der Waals surface area (Å²) in [5.41, 5.74) is 2.49. The van der Waals surface area contributed by atoms with Gasteiger partial charge in [-0.3, -0.25) is 24.6 Å². The van der Waals surface area contributed by atoms with Crippen molar-refractivity contribution in [1.29, 1.82) is 0 Å². The van der Waals surface area contributed by atoms with Gasteiger partial charge in [-0.2, -0.15) is 13.5 Å². The molecule has 134 valence electrons. The van der Waals surface area contributed by atoms with Crippen LogP contribution >= 0.6 is 0 Å². The lowest BCUT2D eigenvalue weighted by molar-refractivity contribution is -0.144. The highest BCUT2D eigenvalue weighted by Gasteiger charge is 2.49. The number of carbonyl (C=O) groups is 3. The molecule has 3 aliphatic rings. The molecule has 3 heterocycles. The summed E-state index contributed by atoms with van der Waals surface area (Å²) in [7, 11) is -4.83. The normalized spacial score (nSPS) is 27.6. The van der Waals surface area contributed by atoms with Gasteiger partial charge < -0.3 is 10.2 Å². The zero-order valence-electron chi connectivity index (χ0n) is 12.5. The van der Waals surface area contributed by atoms with Crippen LogP contribution in [0.3, 0.4) is 0 Å². The largest absolute Gasteiger partial charge is 0.418 e. The molecule has 0 saturated carbocycles. The summed E-state index contributed by atoms with van der Waals surface area (Å²) in [6.07, 6.45) is 0.610. The molecule has 0 aliphatic carbocycles. The quantitative estimate of drug-likeness (QED) is 0.462. The maximum atomic E-state index is 12.4. The second-order valence-corrected chi connectivity index (χ2v) is 6.71. The predicted molar refractivity (Wildman–Crippen MR) is 76.1 cm³/mol. The van der Waals surface area contributed by atoms with Crippen molar-refractivity contribution in [2.75, 3.05) is 26.2 Å². The fourth-order valence-corrected chi connectivity index (χ4v) is 3.42. The number of hydrogen-bond donors (Lipinski definition) is 3. The zero-order chi connectivity index (χ0) is 17.5. The molecule has 2 bridgehead atoms. The molecule has 3 N–H and O–H groups in total. The van der Waals surface area contributed by atoms with E-state index in [1.807, 2.05) is 0 Å². The molecular formula is C11H17N5O7S. The highest BCUT2D eigenvalue weighted by Crippen LogP contribution is 2.30. The third-order valence-electron chi connectivity index (χ3n) is 4.13. The van der Waals surface area contributed by atoms with Crippen LogP contribution in [0.5, 0.6) is 0 Å². The van der Waals surface area contributed by atoms with Gasteiger partial charge in [-0.25, -0.2) is 4.79 Å². The van der Waals surface area contributed by atoms with Gasteiger partial charge in [0.1, 0.15) is 6.04 Å². The number of hydrazine groups is 1. The summed E-state index contributed by atoms with van der Waals surface area (Å²) in [4.78, 5) is 37.5. The number of hydrogen-bond acceptors (Lipinski definition) is 7. The lowest BCUT2D eigenvalue weighted by Gasteiger charge is -2.33. The van der Waals surface area contributed by atoms with Gasteiger partial charge in [0, 0.05) is 13.1 Å². The number of amides is 4. The first kappa shape index (κ1) is 16.9. The van der Waals surface area contributed by atoms with Crippen LogP contribution in [0.4, 0.5) is 4.79 Å². The average Bonchev–Trinajstić information content (AvgIpc) is 2.73. The van der Waals surface area contributed by atoms with Gasteiger partial charge in [0.15, 0.2) is 0 Å². The number of rotatable bonds is 4. The van der Waals surface area contributed by atoms with Crippen molar-refractivity contribution in [2.45, 2.75) is 24.9 Å². The van der Waals surface area contributed by atoms with Gasteiger partial charge in [0.05, 0.1) is 19.1 Å². The molecule has 3 saturated heterocycles. The Morgan fingerprint density at radius 1 is 1.33 bits per heavy atom. The number of nitrogens with zero attached hydrogens (tertiary/aromatic N) is 3. The third-order valence-corrected chi connectivity index (χ3v) is 4.48. The Balaban J connectivity index is 1.67. The van der Waals surface area contributed by atoms with Crippen LogP contribution in [0.25, 0.3) is 0 Å². The number of piperidine rings is 1. The van der Waals surface area contributed by atoms with E-state index in [0.717, 1.165) is 0 Å². The van der Waals surface area contributed by atoms with E-state index in [-0.39, 0.29) is 25.4 Å². The standard InChI is InChI=1S/C11H17N5O7S/c17-9-5-12-3-4-15(9)13-10(18)8-2-1-7-6-14(8)11(19)16(7)23-24(20,21)22/h7-8,12H,1-6H2,(H,13,18)(H,20,21,22)/t7-,8+/m0/s1. The molecule has 12 nitrogen and oxygen atoms in total. The second kappa shape index (κ2) is 6.16. The molecule has 0 spiro atoms. The number of fused-ring (bicyclic) bond motifs is 2. The summed E-state index contributed by atoms with van der Waals surface area (Å²) in [5, 5.41) is 4.63. The smallest absolute Gasteiger partial charge is 0.309 e. The van der Waals surface area contributed by atoms with Crippen molar-refractivity contribution < 1.29 is 31.6 Å². The summed E-state index contributed by atoms with van der Waals surface area (Å²) in [6, 6.07) is -2.22. The molecule has 0 aromatic heterocycles. The molecule has 3 aliphatic heterocycles. The Labute approximate surface area is 137 Å². The van der Waals surface area contributed by atoms with Gasteiger partial charge >= 0.3 is 16.4 Å². The van der Waals surface area contributed by atoms with E-state index >= 15 is 0 Å². The summed E-state index contributed by atoms with van der Waals surface area (Å²) < 4.78 is 34.7. The van der Waals surface area contributed by atoms with Crippen molar-refractivity contribution in [3.8, 4) is 0 Å². The molecule has 13 heteroatoms. The van der Waals surface area contributed by atoms with E-state index in [0.29, 0.717) is 24.6 Å². The first-order valence-corrected chi connectivity index (χ1v) is 8.71. The molecule has 3 rings (SSSR count). The zero-order valence-corrected chi connectivity index (χ0v) is 13.4. The SMILES string of the molecule is O=C(NN1CCNCC1=O)[C@H]1CC[C@H]2CN1C(=O)N2OS(=O)(=O)O. The average molecular weight is 363 g/mol. The van der Waals surface area contributed by atoms with E-state index in [1.165, 1.54) is 9.91 Å².